The van der Waals surface area contributed by atoms with Crippen molar-refractivity contribution in [3.63, 3.8) is 0 Å². The van der Waals surface area contributed by atoms with Gasteiger partial charge >= 0.3 is 0 Å². The smallest absolute Gasteiger partial charge is 0.248 e. The van der Waals surface area contributed by atoms with Gasteiger partial charge in [-0.25, -0.2) is 0 Å². The number of hydrogen-bond donors (Lipinski definition) is 1. The second-order valence-corrected chi connectivity index (χ2v) is 7.58. The number of allylic oxidation sites excluding steroid dienone is 1. The summed E-state index contributed by atoms with van der Waals surface area (Å²) in [6, 6.07) is 19.5. The van der Waals surface area contributed by atoms with E-state index < -0.39 is 0 Å². The van der Waals surface area contributed by atoms with Crippen LogP contribution in [-0.4, -0.2) is 20.1 Å². The van der Waals surface area contributed by atoms with Crippen molar-refractivity contribution in [3.05, 3.63) is 84.1 Å². The number of benzene rings is 3. The standard InChI is InChI=1S/C27H25NO4/c1-17-9-11-19(12-10-17)22-16-32-26-15-25(31-4)20(14-21(22)26)18(2)13-27(29)28-23-7-5-6-8-24(23)30-3/h5-16H,1-4H3,(H,28,29)/b18-13+. The van der Waals surface area contributed by atoms with E-state index in [2.05, 4.69) is 36.5 Å². The maximum absolute atomic E-state index is 12.7. The van der Waals surface area contributed by atoms with Crippen LogP contribution in [0.5, 0.6) is 11.5 Å². The van der Waals surface area contributed by atoms with Crippen molar-refractivity contribution >= 4 is 28.1 Å². The summed E-state index contributed by atoms with van der Waals surface area (Å²) in [4.78, 5) is 12.7. The highest BCUT2D eigenvalue weighted by atomic mass is 16.5. The predicted molar refractivity (Wildman–Crippen MR) is 128 cm³/mol. The molecule has 0 saturated heterocycles. The van der Waals surface area contributed by atoms with Gasteiger partial charge in [-0.2, -0.15) is 0 Å². The average Bonchev–Trinajstić information content (AvgIpc) is 3.21. The number of aryl methyl sites for hydroxylation is 1. The van der Waals surface area contributed by atoms with E-state index >= 15 is 0 Å². The number of furan rings is 1. The van der Waals surface area contributed by atoms with Gasteiger partial charge in [-0.3, -0.25) is 4.79 Å². The molecule has 162 valence electrons. The van der Waals surface area contributed by atoms with Crippen LogP contribution in [0.25, 0.3) is 27.7 Å². The topological polar surface area (TPSA) is 60.7 Å². The summed E-state index contributed by atoms with van der Waals surface area (Å²) in [5.41, 5.74) is 6.20. The minimum absolute atomic E-state index is 0.250. The number of rotatable bonds is 6. The Kier molecular flexibility index (Phi) is 5.99. The highest BCUT2D eigenvalue weighted by Gasteiger charge is 2.15. The van der Waals surface area contributed by atoms with Gasteiger partial charge in [0.2, 0.25) is 5.91 Å². The third kappa shape index (κ3) is 4.23. The molecule has 1 amide bonds. The minimum atomic E-state index is -0.250. The van der Waals surface area contributed by atoms with Crippen LogP contribution in [0.4, 0.5) is 5.69 Å². The molecule has 0 atom stereocenters. The van der Waals surface area contributed by atoms with Gasteiger partial charge in [0.15, 0.2) is 0 Å². The molecule has 0 spiro atoms. The van der Waals surface area contributed by atoms with Gasteiger partial charge in [-0.05, 0) is 43.2 Å². The number of methoxy groups -OCH3 is 2. The highest BCUT2D eigenvalue weighted by molar-refractivity contribution is 6.06. The molecule has 32 heavy (non-hydrogen) atoms. The van der Waals surface area contributed by atoms with E-state index in [0.29, 0.717) is 17.2 Å². The van der Waals surface area contributed by atoms with E-state index in [-0.39, 0.29) is 5.91 Å². The summed E-state index contributed by atoms with van der Waals surface area (Å²) < 4.78 is 16.7. The summed E-state index contributed by atoms with van der Waals surface area (Å²) >= 11 is 0. The Labute approximate surface area is 187 Å². The second kappa shape index (κ2) is 9.02. The first-order chi connectivity index (χ1) is 15.5. The fraction of sp³-hybridized carbons (Fsp3) is 0.148. The lowest BCUT2D eigenvalue weighted by atomic mass is 9.99. The van der Waals surface area contributed by atoms with Gasteiger partial charge < -0.3 is 19.2 Å². The monoisotopic (exact) mass is 427 g/mol. The number of hydrogen-bond acceptors (Lipinski definition) is 4. The van der Waals surface area contributed by atoms with Gasteiger partial charge in [0.25, 0.3) is 0 Å². The van der Waals surface area contributed by atoms with E-state index in [1.807, 2.05) is 31.2 Å². The Bertz CT molecular complexity index is 1300. The number of ether oxygens (including phenoxy) is 2. The summed E-state index contributed by atoms with van der Waals surface area (Å²) in [7, 11) is 3.18. The third-order valence-corrected chi connectivity index (χ3v) is 5.40. The first-order valence-electron chi connectivity index (χ1n) is 10.3. The van der Waals surface area contributed by atoms with Crippen LogP contribution < -0.4 is 14.8 Å². The molecule has 0 fully saturated rings. The van der Waals surface area contributed by atoms with Crippen molar-refractivity contribution in [2.24, 2.45) is 0 Å². The Morgan fingerprint density at radius 2 is 1.69 bits per heavy atom. The van der Waals surface area contributed by atoms with Gasteiger partial charge in [0.05, 0.1) is 26.2 Å². The number of para-hydroxylation sites is 2. The molecule has 1 N–H and O–H groups in total. The number of carbonyl (C=O) groups is 1. The summed E-state index contributed by atoms with van der Waals surface area (Å²) in [5, 5.41) is 3.84. The molecular weight excluding hydrogens is 402 g/mol. The summed E-state index contributed by atoms with van der Waals surface area (Å²) in [6.07, 6.45) is 3.31. The van der Waals surface area contributed by atoms with E-state index in [9.17, 15) is 4.79 Å². The average molecular weight is 428 g/mol. The number of carbonyl (C=O) groups excluding carboxylic acids is 1. The largest absolute Gasteiger partial charge is 0.496 e. The normalized spacial score (nSPS) is 11.4. The van der Waals surface area contributed by atoms with E-state index in [1.54, 1.807) is 38.7 Å². The molecule has 0 unspecified atom stereocenters. The van der Waals surface area contributed by atoms with Gasteiger partial charge in [-0.1, -0.05) is 42.0 Å². The number of anilines is 1. The molecule has 4 rings (SSSR count). The van der Waals surface area contributed by atoms with Crippen LogP contribution in [0.3, 0.4) is 0 Å². The van der Waals surface area contributed by atoms with E-state index in [4.69, 9.17) is 13.9 Å². The molecule has 0 aliphatic carbocycles. The first-order valence-corrected chi connectivity index (χ1v) is 10.3. The molecule has 0 bridgehead atoms. The Hall–Kier alpha value is -3.99. The maximum atomic E-state index is 12.7. The molecular formula is C27H25NO4. The molecule has 5 heteroatoms. The molecule has 4 aromatic rings. The summed E-state index contributed by atoms with van der Waals surface area (Å²) in [5.74, 6) is 0.994. The van der Waals surface area contributed by atoms with Crippen molar-refractivity contribution < 1.29 is 18.7 Å². The zero-order valence-electron chi connectivity index (χ0n) is 18.6. The summed E-state index contributed by atoms with van der Waals surface area (Å²) in [6.45, 7) is 3.95. The lowest BCUT2D eigenvalue weighted by molar-refractivity contribution is -0.111. The molecule has 0 saturated carbocycles. The van der Waals surface area contributed by atoms with Crippen molar-refractivity contribution in [1.29, 1.82) is 0 Å². The fourth-order valence-corrected chi connectivity index (χ4v) is 3.68. The van der Waals surface area contributed by atoms with Gasteiger partial charge in [0.1, 0.15) is 17.1 Å². The molecule has 1 aromatic heterocycles. The number of fused-ring (bicyclic) bond motifs is 1. The van der Waals surface area contributed by atoms with Crippen molar-refractivity contribution in [2.75, 3.05) is 19.5 Å². The molecule has 0 aliphatic heterocycles. The van der Waals surface area contributed by atoms with Crippen molar-refractivity contribution in [1.82, 2.24) is 0 Å². The first kappa shape index (κ1) is 21.2. The van der Waals surface area contributed by atoms with E-state index in [1.165, 1.54) is 5.56 Å². The SMILES string of the molecule is COc1ccccc1NC(=O)/C=C(\C)c1cc2c(-c3ccc(C)cc3)coc2cc1OC. The minimum Gasteiger partial charge on any atom is -0.496 e. The lowest BCUT2D eigenvalue weighted by Gasteiger charge is -2.11. The Balaban J connectivity index is 1.71. The number of amides is 1. The van der Waals surface area contributed by atoms with Crippen LogP contribution in [0.2, 0.25) is 0 Å². The molecule has 0 radical (unpaired) electrons. The molecule has 3 aromatic carbocycles. The molecule has 1 heterocycles. The zero-order chi connectivity index (χ0) is 22.7. The van der Waals surface area contributed by atoms with Crippen LogP contribution in [0.15, 0.2) is 77.4 Å². The van der Waals surface area contributed by atoms with Crippen LogP contribution in [0, 0.1) is 6.92 Å². The lowest BCUT2D eigenvalue weighted by Crippen LogP contribution is -2.09. The van der Waals surface area contributed by atoms with Gasteiger partial charge in [0, 0.05) is 28.7 Å². The number of nitrogens with one attached hydrogen (secondary N) is 1. The maximum Gasteiger partial charge on any atom is 0.248 e. The Morgan fingerprint density at radius 3 is 2.41 bits per heavy atom. The third-order valence-electron chi connectivity index (χ3n) is 5.40. The zero-order valence-corrected chi connectivity index (χ0v) is 18.6. The van der Waals surface area contributed by atoms with Crippen LogP contribution in [0.1, 0.15) is 18.1 Å². The highest BCUT2D eigenvalue weighted by Crippen LogP contribution is 2.37. The predicted octanol–water partition coefficient (Wildman–Crippen LogP) is 6.47. The van der Waals surface area contributed by atoms with Crippen molar-refractivity contribution in [3.8, 4) is 22.6 Å². The van der Waals surface area contributed by atoms with E-state index in [0.717, 1.165) is 33.2 Å². The van der Waals surface area contributed by atoms with Gasteiger partial charge in [-0.15, -0.1) is 0 Å². The van der Waals surface area contributed by atoms with Crippen LogP contribution >= 0.6 is 0 Å². The van der Waals surface area contributed by atoms with Crippen LogP contribution in [-0.2, 0) is 4.79 Å². The fourth-order valence-electron chi connectivity index (χ4n) is 3.68. The Morgan fingerprint density at radius 1 is 0.969 bits per heavy atom. The molecule has 0 aliphatic rings. The van der Waals surface area contributed by atoms with Crippen molar-refractivity contribution in [2.45, 2.75) is 13.8 Å². The molecule has 5 nitrogen and oxygen atoms in total. The second-order valence-electron chi connectivity index (χ2n) is 7.58. The quantitative estimate of drug-likeness (QED) is 0.358.